The van der Waals surface area contributed by atoms with Gasteiger partial charge in [0.25, 0.3) is 0 Å². The minimum atomic E-state index is 0.0856. The lowest BCUT2D eigenvalue weighted by atomic mass is 10.6. The summed E-state index contributed by atoms with van der Waals surface area (Å²) in [6, 6.07) is 1.52. The van der Waals surface area contributed by atoms with Crippen LogP contribution < -0.4 is 8.85 Å². The summed E-state index contributed by atoms with van der Waals surface area (Å²) in [5.74, 6) is 0.273. The standard InChI is InChI=1S/C4HClN2O2Si2/c5-2-1-3(8-10)7-4(6-2)9-11/h1H. The van der Waals surface area contributed by atoms with E-state index in [1.165, 1.54) is 6.07 Å². The van der Waals surface area contributed by atoms with Gasteiger partial charge in [0.2, 0.25) is 5.88 Å². The van der Waals surface area contributed by atoms with Gasteiger partial charge in [0.05, 0.1) is 0 Å². The van der Waals surface area contributed by atoms with Gasteiger partial charge < -0.3 is 8.85 Å². The summed E-state index contributed by atoms with van der Waals surface area (Å²) in [6.45, 7) is 0. The number of hydrogen-bond donors (Lipinski definition) is 0. The average Bonchev–Trinajstić information content (AvgIpc) is 2.03. The molecule has 0 fully saturated rings. The van der Waals surface area contributed by atoms with Gasteiger partial charge in [-0.15, -0.1) is 0 Å². The van der Waals surface area contributed by atoms with Crippen LogP contribution in [-0.4, -0.2) is 30.9 Å². The highest BCUT2D eigenvalue weighted by Gasteiger charge is 2.01. The maximum atomic E-state index is 5.55. The van der Waals surface area contributed by atoms with E-state index in [4.69, 9.17) is 11.6 Å². The van der Waals surface area contributed by atoms with Crippen molar-refractivity contribution in [2.75, 3.05) is 0 Å². The molecule has 0 N–H and O–H groups in total. The summed E-state index contributed by atoms with van der Waals surface area (Å²) in [7, 11) is 5.53. The summed E-state index contributed by atoms with van der Waals surface area (Å²) < 4.78 is 9.14. The van der Waals surface area contributed by atoms with Crippen molar-refractivity contribution in [3.05, 3.63) is 11.2 Å². The largest absolute Gasteiger partial charge is 0.527 e. The molecule has 11 heavy (non-hydrogen) atoms. The second-order valence-electron chi connectivity index (χ2n) is 1.52. The quantitative estimate of drug-likeness (QED) is 0.500. The summed E-state index contributed by atoms with van der Waals surface area (Å²) >= 11 is 5.55. The summed E-state index contributed by atoms with van der Waals surface area (Å²) in [6.07, 6.45) is 0. The molecule has 0 bridgehead atoms. The van der Waals surface area contributed by atoms with Gasteiger partial charge in [-0.3, -0.25) is 0 Å². The first-order chi connectivity index (χ1) is 5.26. The summed E-state index contributed by atoms with van der Waals surface area (Å²) in [5, 5.41) is 0.238. The van der Waals surface area contributed by atoms with Crippen LogP contribution in [-0.2, 0) is 0 Å². The molecule has 4 nitrogen and oxygen atoms in total. The van der Waals surface area contributed by atoms with E-state index in [9.17, 15) is 0 Å². The molecule has 1 heterocycles. The lowest BCUT2D eigenvalue weighted by Crippen LogP contribution is -1.96. The van der Waals surface area contributed by atoms with E-state index >= 15 is 0 Å². The Morgan fingerprint density at radius 1 is 1.27 bits per heavy atom. The first kappa shape index (κ1) is 8.50. The fourth-order valence-corrected chi connectivity index (χ4v) is 0.836. The Kier molecular flexibility index (Phi) is 2.86. The van der Waals surface area contributed by atoms with Gasteiger partial charge in [0, 0.05) is 6.07 Å². The van der Waals surface area contributed by atoms with E-state index in [0.717, 1.165) is 0 Å². The molecule has 54 valence electrons. The Morgan fingerprint density at radius 2 is 2.00 bits per heavy atom. The zero-order valence-corrected chi connectivity index (χ0v) is 7.92. The minimum absolute atomic E-state index is 0.0856. The highest BCUT2D eigenvalue weighted by Crippen LogP contribution is 2.15. The summed E-state index contributed by atoms with van der Waals surface area (Å²) in [5.41, 5.74) is 0. The first-order valence-corrected chi connectivity index (χ1v) is 3.67. The van der Waals surface area contributed by atoms with E-state index in [0.29, 0.717) is 0 Å². The van der Waals surface area contributed by atoms with E-state index in [-0.39, 0.29) is 17.0 Å². The second-order valence-corrected chi connectivity index (χ2v) is 2.31. The van der Waals surface area contributed by atoms with Crippen molar-refractivity contribution in [2.24, 2.45) is 0 Å². The highest BCUT2D eigenvalue weighted by atomic mass is 35.5. The molecule has 0 aliphatic heterocycles. The van der Waals surface area contributed by atoms with Crippen molar-refractivity contribution in [3.63, 3.8) is 0 Å². The van der Waals surface area contributed by atoms with Gasteiger partial charge >= 0.3 is 27.0 Å². The molecule has 7 heteroatoms. The van der Waals surface area contributed by atoms with Crippen molar-refractivity contribution in [1.29, 1.82) is 0 Å². The van der Waals surface area contributed by atoms with Crippen LogP contribution in [0.3, 0.4) is 0 Å². The third-order valence-electron chi connectivity index (χ3n) is 0.847. The topological polar surface area (TPSA) is 44.2 Å². The number of hydrogen-bond acceptors (Lipinski definition) is 4. The van der Waals surface area contributed by atoms with Gasteiger partial charge in [-0.1, -0.05) is 11.6 Å². The Hall–Kier alpha value is -0.596. The third kappa shape index (κ3) is 2.17. The maximum absolute atomic E-state index is 5.55. The Bertz CT molecular complexity index is 238. The molecule has 1 rings (SSSR count). The van der Waals surface area contributed by atoms with E-state index in [1.54, 1.807) is 0 Å². The van der Waals surface area contributed by atoms with Gasteiger partial charge in [0.1, 0.15) is 5.15 Å². The molecule has 0 spiro atoms. The van der Waals surface area contributed by atoms with Gasteiger partial charge in [-0.25, -0.2) is 0 Å². The van der Waals surface area contributed by atoms with Crippen LogP contribution in [0.4, 0.5) is 0 Å². The van der Waals surface area contributed by atoms with Crippen LogP contribution in [0.25, 0.3) is 0 Å². The Morgan fingerprint density at radius 3 is 2.55 bits per heavy atom. The predicted molar refractivity (Wildman–Crippen MR) is 39.8 cm³/mol. The van der Waals surface area contributed by atoms with Crippen LogP contribution in [0, 0.1) is 0 Å². The van der Waals surface area contributed by atoms with Gasteiger partial charge in [-0.05, 0) is 0 Å². The lowest BCUT2D eigenvalue weighted by molar-refractivity contribution is 0.521. The number of nitrogens with zero attached hydrogens (tertiary/aromatic N) is 2. The van der Waals surface area contributed by atoms with E-state index in [2.05, 4.69) is 39.8 Å². The van der Waals surface area contributed by atoms with Crippen LogP contribution in [0.2, 0.25) is 5.15 Å². The van der Waals surface area contributed by atoms with Crippen molar-refractivity contribution in [1.82, 2.24) is 9.97 Å². The van der Waals surface area contributed by atoms with Gasteiger partial charge in [0.15, 0.2) is 0 Å². The average molecular weight is 201 g/mol. The molecule has 0 atom stereocenters. The molecule has 0 aliphatic rings. The Labute approximate surface area is 75.0 Å². The van der Waals surface area contributed by atoms with E-state index < -0.39 is 0 Å². The molecule has 1 aromatic rings. The third-order valence-corrected chi connectivity index (χ3v) is 1.43. The van der Waals surface area contributed by atoms with Crippen molar-refractivity contribution in [3.8, 4) is 11.9 Å². The second kappa shape index (κ2) is 3.70. The van der Waals surface area contributed by atoms with Crippen molar-refractivity contribution >= 4 is 32.6 Å². The predicted octanol–water partition coefficient (Wildman–Crippen LogP) is 0.0546. The number of halogens is 1. The highest BCUT2D eigenvalue weighted by molar-refractivity contribution is 6.29. The molecule has 0 amide bonds. The first-order valence-electron chi connectivity index (χ1n) is 2.48. The zero-order valence-electron chi connectivity index (χ0n) is 5.17. The van der Waals surface area contributed by atoms with Crippen molar-refractivity contribution in [2.45, 2.75) is 0 Å². The molecular weight excluding hydrogens is 200 g/mol. The van der Waals surface area contributed by atoms with Gasteiger partial charge in [-0.2, -0.15) is 9.97 Å². The zero-order chi connectivity index (χ0) is 8.27. The normalized spacial score (nSPS) is 9.36. The monoisotopic (exact) mass is 200 g/mol. The number of aromatic nitrogens is 2. The SMILES string of the molecule is [Si]Oc1cc(Cl)nc(O[Si])n1. The molecule has 0 saturated carbocycles. The Balaban J connectivity index is 3.02. The van der Waals surface area contributed by atoms with Crippen LogP contribution in [0.1, 0.15) is 0 Å². The van der Waals surface area contributed by atoms with Crippen LogP contribution in [0.15, 0.2) is 6.07 Å². The molecule has 6 radical (unpaired) electrons. The number of rotatable bonds is 2. The smallest absolute Gasteiger partial charge is 0.345 e. The molecule has 1 aromatic heterocycles. The fourth-order valence-electron chi connectivity index (χ4n) is 0.475. The minimum Gasteiger partial charge on any atom is -0.527 e. The molecular formula is C4HClN2O2Si2. The molecule has 0 unspecified atom stereocenters. The molecule has 0 aromatic carbocycles. The molecule has 0 saturated heterocycles. The van der Waals surface area contributed by atoms with E-state index in [1.807, 2.05) is 0 Å². The van der Waals surface area contributed by atoms with Crippen LogP contribution >= 0.6 is 11.6 Å². The maximum Gasteiger partial charge on any atom is 0.345 e. The van der Waals surface area contributed by atoms with Crippen LogP contribution in [0.5, 0.6) is 11.9 Å². The van der Waals surface area contributed by atoms with Crippen molar-refractivity contribution < 1.29 is 8.85 Å². The molecule has 0 aliphatic carbocycles. The lowest BCUT2D eigenvalue weighted by Gasteiger charge is -2.01. The summed E-state index contributed by atoms with van der Waals surface area (Å²) in [4.78, 5) is 7.42. The fraction of sp³-hybridized carbons (Fsp3) is 0.